The van der Waals surface area contributed by atoms with E-state index in [1.165, 1.54) is 13.1 Å². The van der Waals surface area contributed by atoms with Crippen molar-refractivity contribution in [3.8, 4) is 5.75 Å². The Kier molecular flexibility index (Phi) is 3.13. The third-order valence-corrected chi connectivity index (χ3v) is 4.30. The summed E-state index contributed by atoms with van der Waals surface area (Å²) < 4.78 is 5.65. The van der Waals surface area contributed by atoms with E-state index in [1.807, 2.05) is 24.3 Å². The first-order chi connectivity index (χ1) is 11.5. The van der Waals surface area contributed by atoms with Crippen molar-refractivity contribution in [2.24, 2.45) is 0 Å². The van der Waals surface area contributed by atoms with Gasteiger partial charge in [-0.15, -0.1) is 0 Å². The van der Waals surface area contributed by atoms with Gasteiger partial charge in [0.25, 0.3) is 17.7 Å². The van der Waals surface area contributed by atoms with Gasteiger partial charge in [0.05, 0.1) is 11.1 Å². The van der Waals surface area contributed by atoms with Gasteiger partial charge in [-0.05, 0) is 29.8 Å². The number of nitrogens with zero attached hydrogens (tertiary/aromatic N) is 1. The molecule has 2 heterocycles. The van der Waals surface area contributed by atoms with E-state index in [0.29, 0.717) is 29.0 Å². The van der Waals surface area contributed by atoms with Crippen LogP contribution in [0.15, 0.2) is 42.5 Å². The highest BCUT2D eigenvalue weighted by atomic mass is 16.5. The van der Waals surface area contributed by atoms with Crippen LogP contribution in [-0.2, 0) is 11.2 Å². The zero-order valence-corrected chi connectivity index (χ0v) is 12.9. The fourth-order valence-corrected chi connectivity index (χ4v) is 2.99. The second kappa shape index (κ2) is 5.19. The molecule has 24 heavy (non-hydrogen) atoms. The molecule has 0 radical (unpaired) electrons. The molecular weight excluding hydrogens is 308 g/mol. The first kappa shape index (κ1) is 14.4. The molecule has 1 unspecified atom stereocenters. The van der Waals surface area contributed by atoms with Crippen molar-refractivity contribution in [3.05, 3.63) is 59.2 Å². The number of carbonyl (C=O) groups excluding carboxylic acids is 3. The van der Waals surface area contributed by atoms with Gasteiger partial charge in [-0.2, -0.15) is 0 Å². The smallest absolute Gasteiger partial charge is 0.265 e. The van der Waals surface area contributed by atoms with Crippen LogP contribution in [-0.4, -0.2) is 35.8 Å². The lowest BCUT2D eigenvalue weighted by atomic mass is 10.1. The summed E-state index contributed by atoms with van der Waals surface area (Å²) in [5, 5.41) is 2.75. The number of imide groups is 1. The van der Waals surface area contributed by atoms with Crippen molar-refractivity contribution < 1.29 is 19.1 Å². The third kappa shape index (κ3) is 2.15. The number of hydrogen-bond donors (Lipinski definition) is 1. The molecule has 6 heteroatoms. The molecule has 0 aliphatic carbocycles. The fourth-order valence-electron chi connectivity index (χ4n) is 2.99. The fraction of sp³-hybridized carbons (Fsp3) is 0.167. The lowest BCUT2D eigenvalue weighted by Gasteiger charge is -2.11. The molecule has 2 aliphatic rings. The maximum atomic E-state index is 12.4. The molecule has 2 aromatic carbocycles. The van der Waals surface area contributed by atoms with Crippen LogP contribution in [0.25, 0.3) is 0 Å². The van der Waals surface area contributed by atoms with Crippen LogP contribution in [0.5, 0.6) is 5.75 Å². The van der Waals surface area contributed by atoms with E-state index in [1.54, 1.807) is 12.1 Å². The SMILES string of the molecule is CN1C(=O)c2ccc(NC(=O)C3Cc4ccccc4O3)cc2C1=O. The zero-order valence-electron chi connectivity index (χ0n) is 12.9. The molecule has 0 saturated carbocycles. The third-order valence-electron chi connectivity index (χ3n) is 4.30. The number of anilines is 1. The van der Waals surface area contributed by atoms with Crippen LogP contribution in [0.4, 0.5) is 5.69 Å². The van der Waals surface area contributed by atoms with Gasteiger partial charge >= 0.3 is 0 Å². The first-order valence-corrected chi connectivity index (χ1v) is 7.56. The van der Waals surface area contributed by atoms with Gasteiger partial charge in [0, 0.05) is 19.2 Å². The molecule has 0 saturated heterocycles. The molecule has 120 valence electrons. The summed E-state index contributed by atoms with van der Waals surface area (Å²) in [5.41, 5.74) is 2.12. The Morgan fingerprint density at radius 3 is 2.67 bits per heavy atom. The first-order valence-electron chi connectivity index (χ1n) is 7.56. The van der Waals surface area contributed by atoms with Crippen molar-refractivity contribution in [3.63, 3.8) is 0 Å². The Balaban J connectivity index is 1.52. The molecule has 2 aliphatic heterocycles. The second-order valence-corrected chi connectivity index (χ2v) is 5.84. The van der Waals surface area contributed by atoms with Gasteiger partial charge in [-0.25, -0.2) is 0 Å². The molecule has 0 fully saturated rings. The van der Waals surface area contributed by atoms with E-state index in [2.05, 4.69) is 5.32 Å². The van der Waals surface area contributed by atoms with Crippen LogP contribution >= 0.6 is 0 Å². The van der Waals surface area contributed by atoms with Crippen LogP contribution in [0, 0.1) is 0 Å². The Hall–Kier alpha value is -3.15. The highest BCUT2D eigenvalue weighted by molar-refractivity contribution is 6.21. The topological polar surface area (TPSA) is 75.7 Å². The van der Waals surface area contributed by atoms with E-state index in [4.69, 9.17) is 4.74 Å². The maximum absolute atomic E-state index is 12.4. The van der Waals surface area contributed by atoms with E-state index < -0.39 is 6.10 Å². The Bertz CT molecular complexity index is 865. The molecule has 0 aromatic heterocycles. The minimum atomic E-state index is -0.601. The summed E-state index contributed by atoms with van der Waals surface area (Å²) in [7, 11) is 1.44. The minimum Gasteiger partial charge on any atom is -0.480 e. The van der Waals surface area contributed by atoms with Crippen LogP contribution < -0.4 is 10.1 Å². The summed E-state index contributed by atoms with van der Waals surface area (Å²) in [5.74, 6) is -0.261. The normalized spacial score (nSPS) is 18.2. The largest absolute Gasteiger partial charge is 0.480 e. The number of amides is 3. The van der Waals surface area contributed by atoms with E-state index in [9.17, 15) is 14.4 Å². The monoisotopic (exact) mass is 322 g/mol. The summed E-state index contributed by atoms with van der Waals surface area (Å²) in [6.45, 7) is 0. The van der Waals surface area contributed by atoms with Crippen LogP contribution in [0.1, 0.15) is 26.3 Å². The van der Waals surface area contributed by atoms with Gasteiger partial charge in [0.2, 0.25) is 0 Å². The summed E-state index contributed by atoms with van der Waals surface area (Å²) in [6.07, 6.45) is -0.0942. The minimum absolute atomic E-state index is 0.281. The standard InChI is InChI=1S/C18H14N2O4/c1-20-17(22)12-7-6-11(9-13(12)18(20)23)19-16(21)15-8-10-4-2-3-5-14(10)24-15/h2-7,9,15H,8H2,1H3,(H,19,21). The van der Waals surface area contributed by atoms with E-state index >= 15 is 0 Å². The Labute approximate surface area is 138 Å². The van der Waals surface area contributed by atoms with Crippen molar-refractivity contribution in [1.29, 1.82) is 0 Å². The number of fused-ring (bicyclic) bond motifs is 2. The molecular formula is C18H14N2O4. The Morgan fingerprint density at radius 2 is 1.88 bits per heavy atom. The maximum Gasteiger partial charge on any atom is 0.265 e. The summed E-state index contributed by atoms with van der Waals surface area (Å²) in [6, 6.07) is 12.2. The molecule has 0 bridgehead atoms. The zero-order chi connectivity index (χ0) is 16.8. The summed E-state index contributed by atoms with van der Waals surface area (Å²) in [4.78, 5) is 37.3. The molecule has 6 nitrogen and oxygen atoms in total. The van der Waals surface area contributed by atoms with Gasteiger partial charge in [-0.3, -0.25) is 19.3 Å². The van der Waals surface area contributed by atoms with E-state index in [0.717, 1.165) is 10.5 Å². The predicted molar refractivity (Wildman–Crippen MR) is 86.1 cm³/mol. The molecule has 0 spiro atoms. The molecule has 1 atom stereocenters. The van der Waals surface area contributed by atoms with Crippen molar-refractivity contribution >= 4 is 23.4 Å². The number of nitrogens with one attached hydrogen (secondary N) is 1. The number of hydrogen-bond acceptors (Lipinski definition) is 4. The molecule has 2 aromatic rings. The lowest BCUT2D eigenvalue weighted by Crippen LogP contribution is -2.31. The number of para-hydroxylation sites is 1. The predicted octanol–water partition coefficient (Wildman–Crippen LogP) is 1.85. The highest BCUT2D eigenvalue weighted by Gasteiger charge is 2.33. The van der Waals surface area contributed by atoms with Crippen molar-refractivity contribution in [2.45, 2.75) is 12.5 Å². The molecule has 3 amide bonds. The Morgan fingerprint density at radius 1 is 1.12 bits per heavy atom. The van der Waals surface area contributed by atoms with Gasteiger partial charge in [-0.1, -0.05) is 18.2 Å². The van der Waals surface area contributed by atoms with Gasteiger partial charge in [0.1, 0.15) is 5.75 Å². The van der Waals surface area contributed by atoms with Gasteiger partial charge in [0.15, 0.2) is 6.10 Å². The van der Waals surface area contributed by atoms with E-state index in [-0.39, 0.29) is 17.7 Å². The number of rotatable bonds is 2. The number of ether oxygens (including phenoxy) is 1. The average molecular weight is 322 g/mol. The van der Waals surface area contributed by atoms with Crippen LogP contribution in [0.2, 0.25) is 0 Å². The number of benzene rings is 2. The summed E-state index contributed by atoms with van der Waals surface area (Å²) >= 11 is 0. The second-order valence-electron chi connectivity index (χ2n) is 5.84. The lowest BCUT2D eigenvalue weighted by molar-refractivity contribution is -0.122. The quantitative estimate of drug-likeness (QED) is 0.856. The van der Waals surface area contributed by atoms with Gasteiger partial charge < -0.3 is 10.1 Å². The average Bonchev–Trinajstić information content (AvgIpc) is 3.11. The molecule has 1 N–H and O–H groups in total. The molecule has 4 rings (SSSR count). The van der Waals surface area contributed by atoms with Crippen molar-refractivity contribution in [1.82, 2.24) is 4.90 Å². The van der Waals surface area contributed by atoms with Crippen LogP contribution in [0.3, 0.4) is 0 Å². The highest BCUT2D eigenvalue weighted by Crippen LogP contribution is 2.29. The van der Waals surface area contributed by atoms with Crippen molar-refractivity contribution in [2.75, 3.05) is 12.4 Å². The number of carbonyl (C=O) groups is 3.